The Morgan fingerprint density at radius 3 is 2.95 bits per heavy atom. The van der Waals surface area contributed by atoms with Crippen molar-refractivity contribution in [2.75, 3.05) is 12.9 Å². The third-order valence-corrected chi connectivity index (χ3v) is 4.10. The highest BCUT2D eigenvalue weighted by Crippen LogP contribution is 2.20. The Labute approximate surface area is 119 Å². The Bertz CT molecular complexity index is 436. The zero-order chi connectivity index (χ0) is 13.7. The van der Waals surface area contributed by atoms with Crippen LogP contribution in [0.25, 0.3) is 0 Å². The number of hydrogen-bond donors (Lipinski definition) is 1. The fraction of sp³-hybridized carbons (Fsp3) is 0.533. The lowest BCUT2D eigenvalue weighted by atomic mass is 10.0. The second-order valence-corrected chi connectivity index (χ2v) is 5.81. The summed E-state index contributed by atoms with van der Waals surface area (Å²) in [6, 6.07) is 8.38. The largest absolute Gasteiger partial charge is 0.378 e. The van der Waals surface area contributed by atoms with Gasteiger partial charge in [0.15, 0.2) is 0 Å². The molecule has 1 heterocycles. The van der Waals surface area contributed by atoms with Crippen LogP contribution in [0.1, 0.15) is 24.5 Å². The van der Waals surface area contributed by atoms with E-state index in [2.05, 4.69) is 29.8 Å². The van der Waals surface area contributed by atoms with E-state index in [9.17, 15) is 4.79 Å². The summed E-state index contributed by atoms with van der Waals surface area (Å²) in [5.74, 6) is 1.13. The van der Waals surface area contributed by atoms with Crippen molar-refractivity contribution in [2.45, 2.75) is 31.7 Å². The highest BCUT2D eigenvalue weighted by Gasteiger charge is 2.30. The van der Waals surface area contributed by atoms with Crippen molar-refractivity contribution in [3.05, 3.63) is 35.4 Å². The number of carbonyl (C=O) groups is 1. The molecule has 1 fully saturated rings. The van der Waals surface area contributed by atoms with Crippen molar-refractivity contribution in [1.82, 2.24) is 5.32 Å². The average Bonchev–Trinajstić information content (AvgIpc) is 2.83. The Kier molecular flexibility index (Phi) is 5.28. The number of nitrogens with one attached hydrogen (secondary N) is 1. The fourth-order valence-corrected chi connectivity index (χ4v) is 2.91. The zero-order valence-corrected chi connectivity index (χ0v) is 12.3. The van der Waals surface area contributed by atoms with Gasteiger partial charge in [-0.05, 0) is 30.7 Å². The molecule has 1 aromatic rings. The van der Waals surface area contributed by atoms with Crippen LogP contribution < -0.4 is 5.32 Å². The van der Waals surface area contributed by atoms with Gasteiger partial charge in [-0.2, -0.15) is 11.8 Å². The highest BCUT2D eigenvalue weighted by molar-refractivity contribution is 7.97. The molecule has 2 rings (SSSR count). The van der Waals surface area contributed by atoms with Gasteiger partial charge in [0.1, 0.15) is 0 Å². The van der Waals surface area contributed by atoms with Crippen molar-refractivity contribution < 1.29 is 9.53 Å². The Hall–Kier alpha value is -1.00. The lowest BCUT2D eigenvalue weighted by molar-refractivity contribution is -0.126. The van der Waals surface area contributed by atoms with Gasteiger partial charge in [0.25, 0.3) is 0 Å². The maximum Gasteiger partial charge on any atom is 0.226 e. The number of benzene rings is 1. The van der Waals surface area contributed by atoms with Gasteiger partial charge >= 0.3 is 0 Å². The SMILES string of the molecule is CSCc1cccc(CNC(=O)[C@@H]2CCO[C@@H]2C)c1. The van der Waals surface area contributed by atoms with E-state index >= 15 is 0 Å². The molecule has 0 spiro atoms. The monoisotopic (exact) mass is 279 g/mol. The normalized spacial score (nSPS) is 22.4. The summed E-state index contributed by atoms with van der Waals surface area (Å²) in [4.78, 5) is 12.0. The van der Waals surface area contributed by atoms with E-state index < -0.39 is 0 Å². The number of hydrogen-bond acceptors (Lipinski definition) is 3. The fourth-order valence-electron chi connectivity index (χ4n) is 2.39. The van der Waals surface area contributed by atoms with Crippen LogP contribution in [0.5, 0.6) is 0 Å². The Morgan fingerprint density at radius 2 is 2.26 bits per heavy atom. The molecule has 1 aromatic carbocycles. The van der Waals surface area contributed by atoms with Gasteiger partial charge in [0.2, 0.25) is 5.91 Å². The van der Waals surface area contributed by atoms with E-state index in [4.69, 9.17) is 4.74 Å². The van der Waals surface area contributed by atoms with Crippen molar-refractivity contribution in [2.24, 2.45) is 5.92 Å². The molecule has 1 saturated heterocycles. The van der Waals surface area contributed by atoms with Gasteiger partial charge in [-0.15, -0.1) is 0 Å². The molecule has 1 amide bonds. The summed E-state index contributed by atoms with van der Waals surface area (Å²) < 4.78 is 5.43. The number of ether oxygens (including phenoxy) is 1. The molecule has 3 nitrogen and oxygen atoms in total. The van der Waals surface area contributed by atoms with E-state index in [0.29, 0.717) is 13.2 Å². The van der Waals surface area contributed by atoms with E-state index in [-0.39, 0.29) is 17.9 Å². The summed E-state index contributed by atoms with van der Waals surface area (Å²) in [5.41, 5.74) is 2.46. The Balaban J connectivity index is 1.87. The molecule has 1 N–H and O–H groups in total. The summed E-state index contributed by atoms with van der Waals surface area (Å²) in [5, 5.41) is 3.01. The minimum Gasteiger partial charge on any atom is -0.378 e. The highest BCUT2D eigenvalue weighted by atomic mass is 32.2. The molecule has 19 heavy (non-hydrogen) atoms. The van der Waals surface area contributed by atoms with Crippen LogP contribution in [-0.2, 0) is 21.8 Å². The molecule has 2 atom stereocenters. The molecular weight excluding hydrogens is 258 g/mol. The smallest absolute Gasteiger partial charge is 0.226 e. The standard InChI is InChI=1S/C15H21NO2S/c1-11-14(6-7-18-11)15(17)16-9-12-4-3-5-13(8-12)10-19-2/h3-5,8,11,14H,6-7,9-10H2,1-2H3,(H,16,17)/t11-,14-/m1/s1. The van der Waals surface area contributed by atoms with Gasteiger partial charge in [-0.25, -0.2) is 0 Å². The quantitative estimate of drug-likeness (QED) is 0.900. The van der Waals surface area contributed by atoms with Crippen molar-refractivity contribution in [1.29, 1.82) is 0 Å². The van der Waals surface area contributed by atoms with Gasteiger partial charge in [0, 0.05) is 18.9 Å². The van der Waals surface area contributed by atoms with E-state index in [0.717, 1.165) is 17.7 Å². The molecule has 0 radical (unpaired) electrons. The first-order valence-electron chi connectivity index (χ1n) is 6.67. The number of thioether (sulfide) groups is 1. The minimum absolute atomic E-state index is 0.00869. The molecule has 0 aromatic heterocycles. The summed E-state index contributed by atoms with van der Waals surface area (Å²) in [6.45, 7) is 3.27. The third kappa shape index (κ3) is 3.98. The van der Waals surface area contributed by atoms with Crippen LogP contribution in [-0.4, -0.2) is 24.9 Å². The first-order chi connectivity index (χ1) is 9.20. The first-order valence-corrected chi connectivity index (χ1v) is 8.06. The van der Waals surface area contributed by atoms with Crippen molar-refractivity contribution in [3.63, 3.8) is 0 Å². The lowest BCUT2D eigenvalue weighted by Gasteiger charge is -2.14. The molecular formula is C15H21NO2S. The van der Waals surface area contributed by atoms with Gasteiger partial charge in [-0.1, -0.05) is 24.3 Å². The van der Waals surface area contributed by atoms with Crippen LogP contribution in [0.4, 0.5) is 0 Å². The van der Waals surface area contributed by atoms with Crippen molar-refractivity contribution in [3.8, 4) is 0 Å². The van der Waals surface area contributed by atoms with Gasteiger partial charge in [0.05, 0.1) is 12.0 Å². The molecule has 1 aliphatic rings. The van der Waals surface area contributed by atoms with E-state index in [1.807, 2.05) is 13.0 Å². The first kappa shape index (κ1) is 14.4. The zero-order valence-electron chi connectivity index (χ0n) is 11.5. The maximum absolute atomic E-state index is 12.0. The summed E-state index contributed by atoms with van der Waals surface area (Å²) in [6.07, 6.45) is 2.97. The molecule has 0 bridgehead atoms. The van der Waals surface area contributed by atoms with Gasteiger partial charge < -0.3 is 10.1 Å². The Morgan fingerprint density at radius 1 is 1.47 bits per heavy atom. The van der Waals surface area contributed by atoms with Crippen LogP contribution in [0, 0.1) is 5.92 Å². The average molecular weight is 279 g/mol. The molecule has 4 heteroatoms. The minimum atomic E-state index is 0.00869. The molecule has 0 aliphatic carbocycles. The lowest BCUT2D eigenvalue weighted by Crippen LogP contribution is -2.33. The van der Waals surface area contributed by atoms with Crippen molar-refractivity contribution >= 4 is 17.7 Å². The van der Waals surface area contributed by atoms with Gasteiger partial charge in [-0.3, -0.25) is 4.79 Å². The van der Waals surface area contributed by atoms with Crippen LogP contribution >= 0.6 is 11.8 Å². The number of amides is 1. The summed E-state index contributed by atoms with van der Waals surface area (Å²) in [7, 11) is 0. The second-order valence-electron chi connectivity index (χ2n) is 4.94. The number of rotatable bonds is 5. The summed E-state index contributed by atoms with van der Waals surface area (Å²) >= 11 is 1.80. The van der Waals surface area contributed by atoms with E-state index in [1.54, 1.807) is 11.8 Å². The predicted octanol–water partition coefficient (Wildman–Crippen LogP) is 2.59. The predicted molar refractivity (Wildman–Crippen MR) is 79.0 cm³/mol. The third-order valence-electron chi connectivity index (χ3n) is 3.48. The van der Waals surface area contributed by atoms with Crippen LogP contribution in [0.3, 0.4) is 0 Å². The van der Waals surface area contributed by atoms with Crippen LogP contribution in [0.15, 0.2) is 24.3 Å². The molecule has 0 unspecified atom stereocenters. The molecule has 104 valence electrons. The topological polar surface area (TPSA) is 38.3 Å². The van der Waals surface area contributed by atoms with Crippen LogP contribution in [0.2, 0.25) is 0 Å². The maximum atomic E-state index is 12.0. The number of carbonyl (C=O) groups excluding carboxylic acids is 1. The second kappa shape index (κ2) is 6.96. The molecule has 1 aliphatic heterocycles. The van der Waals surface area contributed by atoms with E-state index in [1.165, 1.54) is 5.56 Å². The molecule has 0 saturated carbocycles.